The van der Waals surface area contributed by atoms with Gasteiger partial charge in [-0.1, -0.05) is 60.7 Å². The summed E-state index contributed by atoms with van der Waals surface area (Å²) < 4.78 is 16.3. The summed E-state index contributed by atoms with van der Waals surface area (Å²) in [4.78, 5) is 38.3. The third-order valence-corrected chi connectivity index (χ3v) is 5.53. The van der Waals surface area contributed by atoms with Crippen LogP contribution >= 0.6 is 0 Å². The van der Waals surface area contributed by atoms with Crippen molar-refractivity contribution in [3.63, 3.8) is 0 Å². The van der Waals surface area contributed by atoms with Crippen LogP contribution in [0.5, 0.6) is 5.75 Å². The Morgan fingerprint density at radius 1 is 0.795 bits per heavy atom. The average Bonchev–Trinajstić information content (AvgIpc) is 3.37. The number of hydrogen-bond acceptors (Lipinski definition) is 6. The first kappa shape index (κ1) is 27.0. The van der Waals surface area contributed by atoms with Crippen LogP contribution in [-0.4, -0.2) is 30.6 Å². The molecule has 0 bridgehead atoms. The van der Waals surface area contributed by atoms with E-state index in [0.29, 0.717) is 11.3 Å². The van der Waals surface area contributed by atoms with Gasteiger partial charge in [-0.25, -0.2) is 4.79 Å². The zero-order valence-corrected chi connectivity index (χ0v) is 22.0. The Morgan fingerprint density at radius 2 is 1.41 bits per heavy atom. The zero-order valence-electron chi connectivity index (χ0n) is 22.0. The first-order valence-corrected chi connectivity index (χ1v) is 12.2. The van der Waals surface area contributed by atoms with E-state index in [1.54, 1.807) is 20.8 Å². The number of carbonyl (C=O) groups excluding carboxylic acids is 3. The first-order valence-electron chi connectivity index (χ1n) is 12.2. The topological polar surface area (TPSA) is 119 Å². The molecule has 0 saturated carbocycles. The van der Waals surface area contributed by atoms with Gasteiger partial charge in [-0.05, 0) is 50.1 Å². The maximum atomic E-state index is 13.2. The molecule has 4 rings (SSSR count). The van der Waals surface area contributed by atoms with E-state index in [9.17, 15) is 14.4 Å². The molecule has 9 heteroatoms. The summed E-state index contributed by atoms with van der Waals surface area (Å²) in [6.45, 7) is 5.21. The fourth-order valence-electron chi connectivity index (χ4n) is 3.85. The molecule has 0 saturated heterocycles. The number of amides is 3. The second-order valence-electron chi connectivity index (χ2n) is 9.54. The molecule has 0 atom stereocenters. The van der Waals surface area contributed by atoms with Gasteiger partial charge < -0.3 is 13.9 Å². The van der Waals surface area contributed by atoms with Crippen molar-refractivity contribution >= 4 is 23.6 Å². The van der Waals surface area contributed by atoms with Gasteiger partial charge in [-0.2, -0.15) is 0 Å². The third-order valence-electron chi connectivity index (χ3n) is 5.53. The average molecular weight is 528 g/mol. The number of anilines is 1. The molecule has 0 fully saturated rings. The van der Waals surface area contributed by atoms with Crippen molar-refractivity contribution in [2.24, 2.45) is 0 Å². The molecule has 0 spiro atoms. The van der Waals surface area contributed by atoms with Crippen LogP contribution in [0.2, 0.25) is 0 Å². The van der Waals surface area contributed by atoms with Crippen molar-refractivity contribution in [2.45, 2.75) is 26.4 Å². The Kier molecular flexibility index (Phi) is 8.00. The van der Waals surface area contributed by atoms with Crippen molar-refractivity contribution in [1.29, 1.82) is 0 Å². The highest BCUT2D eigenvalue weighted by Crippen LogP contribution is 2.36. The molecule has 3 amide bonds. The van der Waals surface area contributed by atoms with Crippen molar-refractivity contribution in [3.8, 4) is 28.0 Å². The quantitative estimate of drug-likeness (QED) is 0.263. The molecular formula is C30H29N3O6. The van der Waals surface area contributed by atoms with Crippen LogP contribution in [0.1, 0.15) is 41.7 Å². The molecule has 0 aliphatic rings. The highest BCUT2D eigenvalue weighted by Gasteiger charge is 2.23. The van der Waals surface area contributed by atoms with E-state index in [1.165, 1.54) is 31.6 Å². The van der Waals surface area contributed by atoms with E-state index in [-0.39, 0.29) is 17.0 Å². The van der Waals surface area contributed by atoms with Crippen molar-refractivity contribution in [2.75, 3.05) is 12.4 Å². The van der Waals surface area contributed by atoms with Crippen molar-refractivity contribution < 1.29 is 28.3 Å². The van der Waals surface area contributed by atoms with Gasteiger partial charge in [0.25, 0.3) is 5.91 Å². The largest absolute Gasteiger partial charge is 0.495 e. The number of carbonyl (C=O) groups is 3. The molecule has 0 unspecified atom stereocenters. The monoisotopic (exact) mass is 527 g/mol. The minimum atomic E-state index is -0.707. The second-order valence-corrected chi connectivity index (χ2v) is 9.54. The summed E-state index contributed by atoms with van der Waals surface area (Å²) in [6, 6.07) is 23.4. The Morgan fingerprint density at radius 3 is 2.03 bits per heavy atom. The molecule has 200 valence electrons. The molecular weight excluding hydrogens is 498 g/mol. The highest BCUT2D eigenvalue weighted by atomic mass is 16.6. The minimum absolute atomic E-state index is 0.0439. The van der Waals surface area contributed by atoms with Gasteiger partial charge in [0.1, 0.15) is 11.4 Å². The van der Waals surface area contributed by atoms with E-state index < -0.39 is 23.5 Å². The standard InChI is InChI=1S/C30H29N3O6/c1-30(2,3)39-29(36)31-23-17-21(15-16-24(23)37-4)27(34)32-33-28(35)26-25(20-13-9-6-10-14-20)22(18-38-26)19-11-7-5-8-12-19/h5-18H,1-4H3,(H,31,36)(H,32,34)(H,33,35). The lowest BCUT2D eigenvalue weighted by atomic mass is 9.96. The van der Waals surface area contributed by atoms with Crippen LogP contribution in [-0.2, 0) is 4.74 Å². The summed E-state index contributed by atoms with van der Waals surface area (Å²) in [5.74, 6) is -0.875. The van der Waals surface area contributed by atoms with Crippen LogP contribution in [0, 0.1) is 0 Å². The second kappa shape index (κ2) is 11.6. The predicted octanol–water partition coefficient (Wildman–Crippen LogP) is 6.04. The summed E-state index contributed by atoms with van der Waals surface area (Å²) in [5.41, 5.74) is 7.51. The molecule has 3 aromatic carbocycles. The summed E-state index contributed by atoms with van der Waals surface area (Å²) >= 11 is 0. The van der Waals surface area contributed by atoms with Crippen LogP contribution in [0.25, 0.3) is 22.3 Å². The number of hydrogen-bond donors (Lipinski definition) is 3. The molecule has 0 aliphatic carbocycles. The van der Waals surface area contributed by atoms with Crippen LogP contribution in [0.15, 0.2) is 89.5 Å². The molecule has 9 nitrogen and oxygen atoms in total. The predicted molar refractivity (Wildman–Crippen MR) is 147 cm³/mol. The van der Waals surface area contributed by atoms with Gasteiger partial charge in [0, 0.05) is 16.7 Å². The van der Waals surface area contributed by atoms with Crippen LogP contribution in [0.3, 0.4) is 0 Å². The molecule has 0 aliphatic heterocycles. The highest BCUT2D eigenvalue weighted by molar-refractivity contribution is 6.04. The van der Waals surface area contributed by atoms with Gasteiger partial charge in [-0.15, -0.1) is 0 Å². The molecule has 4 aromatic rings. The summed E-state index contributed by atoms with van der Waals surface area (Å²) in [5, 5.41) is 2.58. The Labute approximate surface area is 226 Å². The lowest BCUT2D eigenvalue weighted by Crippen LogP contribution is -2.41. The normalized spacial score (nSPS) is 10.9. The molecule has 39 heavy (non-hydrogen) atoms. The third kappa shape index (κ3) is 6.64. The van der Waals surface area contributed by atoms with E-state index in [1.807, 2.05) is 60.7 Å². The minimum Gasteiger partial charge on any atom is -0.495 e. The number of rotatable bonds is 6. The van der Waals surface area contributed by atoms with Crippen LogP contribution in [0.4, 0.5) is 10.5 Å². The zero-order chi connectivity index (χ0) is 28.0. The fourth-order valence-corrected chi connectivity index (χ4v) is 3.85. The van der Waals surface area contributed by atoms with E-state index in [4.69, 9.17) is 13.9 Å². The number of ether oxygens (including phenoxy) is 2. The van der Waals surface area contributed by atoms with Gasteiger partial charge in [0.2, 0.25) is 5.76 Å². The SMILES string of the molecule is COc1ccc(C(=O)NNC(=O)c2occ(-c3ccccc3)c2-c2ccccc2)cc1NC(=O)OC(C)(C)C. The lowest BCUT2D eigenvalue weighted by Gasteiger charge is -2.20. The van der Waals surface area contributed by atoms with Crippen LogP contribution < -0.4 is 20.9 Å². The van der Waals surface area contributed by atoms with E-state index in [2.05, 4.69) is 16.2 Å². The van der Waals surface area contributed by atoms with Gasteiger partial charge in [0.05, 0.1) is 19.1 Å². The number of hydrazine groups is 1. The smallest absolute Gasteiger partial charge is 0.412 e. The molecule has 1 aromatic heterocycles. The summed E-state index contributed by atoms with van der Waals surface area (Å²) in [6.07, 6.45) is 0.819. The van der Waals surface area contributed by atoms with Crippen molar-refractivity contribution in [1.82, 2.24) is 10.9 Å². The Bertz CT molecular complexity index is 1470. The number of furan rings is 1. The Hall–Kier alpha value is -5.05. The molecule has 1 heterocycles. The van der Waals surface area contributed by atoms with Gasteiger partial charge in [0.15, 0.2) is 0 Å². The summed E-state index contributed by atoms with van der Waals surface area (Å²) in [7, 11) is 1.44. The van der Waals surface area contributed by atoms with Gasteiger partial charge >= 0.3 is 12.0 Å². The van der Waals surface area contributed by atoms with E-state index in [0.717, 1.165) is 16.7 Å². The molecule has 3 N–H and O–H groups in total. The number of methoxy groups -OCH3 is 1. The number of nitrogens with one attached hydrogen (secondary N) is 3. The first-order chi connectivity index (χ1) is 18.7. The van der Waals surface area contributed by atoms with E-state index >= 15 is 0 Å². The maximum absolute atomic E-state index is 13.2. The van der Waals surface area contributed by atoms with Gasteiger partial charge in [-0.3, -0.25) is 25.8 Å². The Balaban J connectivity index is 1.53. The lowest BCUT2D eigenvalue weighted by molar-refractivity contribution is 0.0635. The van der Waals surface area contributed by atoms with Crippen molar-refractivity contribution in [3.05, 3.63) is 96.4 Å². The number of benzene rings is 3. The fraction of sp³-hybridized carbons (Fsp3) is 0.167. The maximum Gasteiger partial charge on any atom is 0.412 e. The molecule has 0 radical (unpaired) electrons.